The standard InChI is InChI=1S/C24H23ClN2O2S2/c1-17-5-2-3-7-21(17)23(28)27-22(15-20-6-4-13-31-20)24(29)26-12-14-30-16-18-8-10-19(25)11-9-18/h2-11,13,15H,12,14,16H2,1H3,(H,26,29)(H,27,28)/b22-15-. The van der Waals surface area contributed by atoms with Crippen molar-refractivity contribution < 1.29 is 9.59 Å². The fourth-order valence-corrected chi connectivity index (χ4v) is 4.40. The van der Waals surface area contributed by atoms with Gasteiger partial charge in [-0.3, -0.25) is 9.59 Å². The summed E-state index contributed by atoms with van der Waals surface area (Å²) < 4.78 is 0. The molecule has 0 saturated carbocycles. The Bertz CT molecular complexity index is 1050. The van der Waals surface area contributed by atoms with E-state index in [1.807, 2.05) is 66.9 Å². The molecule has 1 heterocycles. The monoisotopic (exact) mass is 470 g/mol. The van der Waals surface area contributed by atoms with Crippen molar-refractivity contribution in [2.75, 3.05) is 12.3 Å². The van der Waals surface area contributed by atoms with Crippen molar-refractivity contribution in [3.63, 3.8) is 0 Å². The Hall–Kier alpha value is -2.54. The average Bonchev–Trinajstić information content (AvgIpc) is 3.27. The molecule has 7 heteroatoms. The Kier molecular flexibility index (Phi) is 8.76. The van der Waals surface area contributed by atoms with Crippen molar-refractivity contribution in [1.29, 1.82) is 0 Å². The Balaban J connectivity index is 1.57. The lowest BCUT2D eigenvalue weighted by Crippen LogP contribution is -2.36. The van der Waals surface area contributed by atoms with Gasteiger partial charge in [0, 0.05) is 33.5 Å². The molecule has 3 rings (SSSR count). The molecule has 0 saturated heterocycles. The van der Waals surface area contributed by atoms with Gasteiger partial charge in [-0.15, -0.1) is 11.3 Å². The van der Waals surface area contributed by atoms with Gasteiger partial charge in [0.2, 0.25) is 0 Å². The summed E-state index contributed by atoms with van der Waals surface area (Å²) in [5, 5.41) is 8.33. The minimum atomic E-state index is -0.303. The zero-order valence-corrected chi connectivity index (χ0v) is 19.4. The third kappa shape index (κ3) is 7.28. The Morgan fingerprint density at radius 2 is 1.84 bits per heavy atom. The molecule has 0 atom stereocenters. The molecule has 31 heavy (non-hydrogen) atoms. The number of thiophene rings is 1. The normalized spacial score (nSPS) is 11.2. The maximum absolute atomic E-state index is 12.8. The molecule has 0 spiro atoms. The van der Waals surface area contributed by atoms with Crippen LogP contribution in [0.5, 0.6) is 0 Å². The Morgan fingerprint density at radius 3 is 2.55 bits per heavy atom. The molecule has 4 nitrogen and oxygen atoms in total. The van der Waals surface area contributed by atoms with Gasteiger partial charge in [-0.05, 0) is 53.8 Å². The number of thioether (sulfide) groups is 1. The minimum Gasteiger partial charge on any atom is -0.350 e. The van der Waals surface area contributed by atoms with E-state index in [1.54, 1.807) is 23.9 Å². The quantitative estimate of drug-likeness (QED) is 0.319. The van der Waals surface area contributed by atoms with Crippen molar-refractivity contribution in [2.45, 2.75) is 12.7 Å². The van der Waals surface area contributed by atoms with Gasteiger partial charge >= 0.3 is 0 Å². The van der Waals surface area contributed by atoms with E-state index in [-0.39, 0.29) is 17.5 Å². The first kappa shape index (κ1) is 23.1. The van der Waals surface area contributed by atoms with Gasteiger partial charge in [0.25, 0.3) is 11.8 Å². The Morgan fingerprint density at radius 1 is 1.06 bits per heavy atom. The number of carbonyl (C=O) groups is 2. The summed E-state index contributed by atoms with van der Waals surface area (Å²) in [6.45, 7) is 2.37. The van der Waals surface area contributed by atoms with Crippen LogP contribution in [0.2, 0.25) is 5.02 Å². The second-order valence-electron chi connectivity index (χ2n) is 6.78. The van der Waals surface area contributed by atoms with Gasteiger partial charge in [0.15, 0.2) is 0 Å². The predicted molar refractivity (Wildman–Crippen MR) is 132 cm³/mol. The fourth-order valence-electron chi connectivity index (χ4n) is 2.79. The van der Waals surface area contributed by atoms with Crippen molar-refractivity contribution >= 4 is 52.6 Å². The van der Waals surface area contributed by atoms with E-state index in [0.29, 0.717) is 12.1 Å². The van der Waals surface area contributed by atoms with Crippen LogP contribution in [0.1, 0.15) is 26.4 Å². The maximum atomic E-state index is 12.8. The molecule has 0 radical (unpaired) electrons. The minimum absolute atomic E-state index is 0.235. The first-order chi connectivity index (χ1) is 15.0. The topological polar surface area (TPSA) is 58.2 Å². The lowest BCUT2D eigenvalue weighted by Gasteiger charge is -2.12. The highest BCUT2D eigenvalue weighted by molar-refractivity contribution is 7.98. The van der Waals surface area contributed by atoms with Gasteiger partial charge < -0.3 is 10.6 Å². The van der Waals surface area contributed by atoms with Crippen LogP contribution in [0.15, 0.2) is 71.7 Å². The van der Waals surface area contributed by atoms with Crippen LogP contribution < -0.4 is 10.6 Å². The number of hydrogen-bond acceptors (Lipinski definition) is 4. The van der Waals surface area contributed by atoms with Gasteiger partial charge in [-0.25, -0.2) is 0 Å². The van der Waals surface area contributed by atoms with E-state index in [0.717, 1.165) is 27.0 Å². The number of rotatable bonds is 9. The lowest BCUT2D eigenvalue weighted by atomic mass is 10.1. The number of benzene rings is 2. The molecule has 0 aliphatic rings. The van der Waals surface area contributed by atoms with Gasteiger partial charge in [0.05, 0.1) is 0 Å². The van der Waals surface area contributed by atoms with Crippen LogP contribution in [0.3, 0.4) is 0 Å². The molecule has 0 bridgehead atoms. The van der Waals surface area contributed by atoms with Crippen molar-refractivity contribution in [1.82, 2.24) is 10.6 Å². The summed E-state index contributed by atoms with van der Waals surface area (Å²) >= 11 is 9.13. The SMILES string of the molecule is Cc1ccccc1C(=O)N/C(=C\c1cccs1)C(=O)NCCSCc1ccc(Cl)cc1. The summed E-state index contributed by atoms with van der Waals surface area (Å²) in [6, 6.07) is 18.9. The summed E-state index contributed by atoms with van der Waals surface area (Å²) in [5.74, 6) is 0.997. The molecule has 0 fully saturated rings. The van der Waals surface area contributed by atoms with Crippen molar-refractivity contribution in [2.24, 2.45) is 0 Å². The predicted octanol–water partition coefficient (Wildman–Crippen LogP) is 5.53. The first-order valence-corrected chi connectivity index (χ1v) is 12.2. The van der Waals surface area contributed by atoms with Crippen LogP contribution in [-0.2, 0) is 10.5 Å². The van der Waals surface area contributed by atoms with Crippen molar-refractivity contribution in [3.8, 4) is 0 Å². The Labute approximate surface area is 195 Å². The average molecular weight is 471 g/mol. The lowest BCUT2D eigenvalue weighted by molar-refractivity contribution is -0.117. The first-order valence-electron chi connectivity index (χ1n) is 9.75. The maximum Gasteiger partial charge on any atom is 0.267 e. The zero-order valence-electron chi connectivity index (χ0n) is 17.1. The van der Waals surface area contributed by atoms with Gasteiger partial charge in [0.1, 0.15) is 5.70 Å². The number of aryl methyl sites for hydroxylation is 1. The molecule has 2 amide bonds. The van der Waals surface area contributed by atoms with E-state index in [9.17, 15) is 9.59 Å². The number of amides is 2. The van der Waals surface area contributed by atoms with E-state index < -0.39 is 0 Å². The largest absolute Gasteiger partial charge is 0.350 e. The molecule has 1 aromatic heterocycles. The van der Waals surface area contributed by atoms with Crippen LogP contribution in [-0.4, -0.2) is 24.1 Å². The van der Waals surface area contributed by atoms with Crippen molar-refractivity contribution in [3.05, 3.63) is 98.3 Å². The molecule has 2 aromatic carbocycles. The summed E-state index contributed by atoms with van der Waals surface area (Å²) in [4.78, 5) is 26.4. The molecule has 0 aliphatic heterocycles. The zero-order chi connectivity index (χ0) is 22.1. The number of hydrogen-bond donors (Lipinski definition) is 2. The van der Waals surface area contributed by atoms with E-state index in [2.05, 4.69) is 10.6 Å². The highest BCUT2D eigenvalue weighted by atomic mass is 35.5. The molecule has 0 aliphatic carbocycles. The number of carbonyl (C=O) groups excluding carboxylic acids is 2. The summed E-state index contributed by atoms with van der Waals surface area (Å²) in [5.41, 5.74) is 2.82. The van der Waals surface area contributed by atoms with Crippen LogP contribution in [0, 0.1) is 6.92 Å². The number of nitrogens with one attached hydrogen (secondary N) is 2. The second-order valence-corrected chi connectivity index (χ2v) is 9.30. The molecule has 160 valence electrons. The second kappa shape index (κ2) is 11.7. The van der Waals surface area contributed by atoms with E-state index in [4.69, 9.17) is 11.6 Å². The highest BCUT2D eigenvalue weighted by Gasteiger charge is 2.15. The van der Waals surface area contributed by atoms with Crippen LogP contribution in [0.25, 0.3) is 6.08 Å². The molecular formula is C24H23ClN2O2S2. The highest BCUT2D eigenvalue weighted by Crippen LogP contribution is 2.16. The smallest absolute Gasteiger partial charge is 0.267 e. The molecule has 2 N–H and O–H groups in total. The molecular weight excluding hydrogens is 448 g/mol. The number of halogens is 1. The van der Waals surface area contributed by atoms with Crippen LogP contribution in [0.4, 0.5) is 0 Å². The molecule has 3 aromatic rings. The summed E-state index contributed by atoms with van der Waals surface area (Å²) in [7, 11) is 0. The van der Waals surface area contributed by atoms with Crippen LogP contribution >= 0.6 is 34.7 Å². The summed E-state index contributed by atoms with van der Waals surface area (Å²) in [6.07, 6.45) is 1.71. The fraction of sp³-hybridized carbons (Fsp3) is 0.167. The third-order valence-corrected chi connectivity index (χ3v) is 6.53. The third-order valence-electron chi connectivity index (χ3n) is 4.43. The van der Waals surface area contributed by atoms with Gasteiger partial charge in [-0.1, -0.05) is 48.0 Å². The van der Waals surface area contributed by atoms with E-state index >= 15 is 0 Å². The van der Waals surface area contributed by atoms with Gasteiger partial charge in [-0.2, -0.15) is 11.8 Å². The molecule has 0 unspecified atom stereocenters. The van der Waals surface area contributed by atoms with E-state index in [1.165, 1.54) is 16.9 Å².